The molecule has 0 fully saturated rings. The first kappa shape index (κ1) is 21.6. The Kier molecular flexibility index (Phi) is 6.61. The molecule has 158 valence electrons. The Balaban J connectivity index is 1.53. The molecular weight excluding hydrogens is 409 g/mol. The predicted molar refractivity (Wildman–Crippen MR) is 109 cm³/mol. The largest absolute Gasteiger partial charge is 0.407 e. The van der Waals surface area contributed by atoms with Crippen molar-refractivity contribution < 1.29 is 22.0 Å². The Morgan fingerprint density at radius 3 is 2.37 bits per heavy atom. The van der Waals surface area contributed by atoms with Gasteiger partial charge in [-0.15, -0.1) is 5.10 Å². The number of hydrogen-bond acceptors (Lipinski definition) is 6. The van der Waals surface area contributed by atoms with Crippen LogP contribution < -0.4 is 5.32 Å². The van der Waals surface area contributed by atoms with Crippen molar-refractivity contribution in [2.24, 2.45) is 0 Å². The Morgan fingerprint density at radius 1 is 1.07 bits per heavy atom. The fraction of sp³-hybridized carbons (Fsp3) is 0.286. The van der Waals surface area contributed by atoms with Crippen LogP contribution in [0, 0.1) is 5.82 Å². The highest BCUT2D eigenvalue weighted by atomic mass is 32.2. The summed E-state index contributed by atoms with van der Waals surface area (Å²) < 4.78 is 42.8. The van der Waals surface area contributed by atoms with E-state index in [1.54, 1.807) is 0 Å². The number of amides is 1. The highest BCUT2D eigenvalue weighted by Gasteiger charge is 2.18. The van der Waals surface area contributed by atoms with E-state index in [1.165, 1.54) is 17.7 Å². The van der Waals surface area contributed by atoms with E-state index in [1.807, 2.05) is 24.3 Å². The SMILES string of the molecule is CC(C)c1ccc(Cc2nnc(NC(=O)CCS(=O)(=O)c3ccc(F)cc3)o2)cc1. The first-order chi connectivity index (χ1) is 14.2. The van der Waals surface area contributed by atoms with Crippen molar-refractivity contribution in [1.29, 1.82) is 0 Å². The summed E-state index contributed by atoms with van der Waals surface area (Å²) in [7, 11) is -3.70. The molecule has 1 N–H and O–H groups in total. The fourth-order valence-corrected chi connectivity index (χ4v) is 3.98. The predicted octanol–water partition coefficient (Wildman–Crippen LogP) is 3.73. The molecule has 3 rings (SSSR count). The number of rotatable bonds is 8. The van der Waals surface area contributed by atoms with Crippen molar-refractivity contribution in [2.75, 3.05) is 11.1 Å². The average molecular weight is 431 g/mol. The smallest absolute Gasteiger partial charge is 0.322 e. The van der Waals surface area contributed by atoms with Crippen LogP contribution in [0.2, 0.25) is 0 Å². The van der Waals surface area contributed by atoms with Gasteiger partial charge in [0.15, 0.2) is 9.84 Å². The molecule has 0 unspecified atom stereocenters. The maximum absolute atomic E-state index is 12.9. The number of benzene rings is 2. The summed E-state index contributed by atoms with van der Waals surface area (Å²) in [5.41, 5.74) is 2.22. The van der Waals surface area contributed by atoms with Gasteiger partial charge in [-0.05, 0) is 41.3 Å². The third-order valence-electron chi connectivity index (χ3n) is 4.49. The summed E-state index contributed by atoms with van der Waals surface area (Å²) in [6.45, 7) is 4.24. The quantitative estimate of drug-likeness (QED) is 0.545. The lowest BCUT2D eigenvalue weighted by Crippen LogP contribution is -2.17. The molecule has 0 atom stereocenters. The van der Waals surface area contributed by atoms with Crippen LogP contribution in [0.4, 0.5) is 10.4 Å². The third-order valence-corrected chi connectivity index (χ3v) is 6.22. The molecule has 1 heterocycles. The molecule has 0 saturated carbocycles. The van der Waals surface area contributed by atoms with E-state index in [2.05, 4.69) is 29.4 Å². The Labute approximate surface area is 174 Å². The van der Waals surface area contributed by atoms with E-state index >= 15 is 0 Å². The maximum atomic E-state index is 12.9. The summed E-state index contributed by atoms with van der Waals surface area (Å²) in [6.07, 6.45) is 0.119. The lowest BCUT2D eigenvalue weighted by molar-refractivity contribution is -0.116. The van der Waals surface area contributed by atoms with Gasteiger partial charge in [-0.2, -0.15) is 0 Å². The summed E-state index contributed by atoms with van der Waals surface area (Å²) in [6, 6.07) is 12.4. The second-order valence-corrected chi connectivity index (χ2v) is 9.25. The zero-order valence-corrected chi connectivity index (χ0v) is 17.4. The minimum absolute atomic E-state index is 0.0414. The molecule has 0 saturated heterocycles. The third kappa shape index (κ3) is 5.73. The summed E-state index contributed by atoms with van der Waals surface area (Å²) in [5.74, 6) is -0.752. The van der Waals surface area contributed by atoms with Crippen LogP contribution in [0.5, 0.6) is 0 Å². The van der Waals surface area contributed by atoms with Gasteiger partial charge in [0, 0.05) is 6.42 Å². The number of hydrogen-bond donors (Lipinski definition) is 1. The number of anilines is 1. The number of halogens is 1. The molecule has 1 aromatic heterocycles. The van der Waals surface area contributed by atoms with Crippen molar-refractivity contribution in [3.63, 3.8) is 0 Å². The lowest BCUT2D eigenvalue weighted by atomic mass is 10.0. The van der Waals surface area contributed by atoms with Crippen molar-refractivity contribution in [2.45, 2.75) is 37.5 Å². The van der Waals surface area contributed by atoms with Gasteiger partial charge >= 0.3 is 6.01 Å². The molecule has 1 amide bonds. The first-order valence-corrected chi connectivity index (χ1v) is 11.1. The topological polar surface area (TPSA) is 102 Å². The average Bonchev–Trinajstić information content (AvgIpc) is 3.14. The Hall–Kier alpha value is -3.07. The van der Waals surface area contributed by atoms with Crippen LogP contribution in [-0.2, 0) is 21.1 Å². The second-order valence-electron chi connectivity index (χ2n) is 7.14. The second kappa shape index (κ2) is 9.17. The molecule has 0 spiro atoms. The van der Waals surface area contributed by atoms with Crippen molar-refractivity contribution in [1.82, 2.24) is 10.2 Å². The lowest BCUT2D eigenvalue weighted by Gasteiger charge is -2.05. The monoisotopic (exact) mass is 431 g/mol. The van der Waals surface area contributed by atoms with Gasteiger partial charge in [0.1, 0.15) is 5.82 Å². The van der Waals surface area contributed by atoms with Gasteiger partial charge in [-0.1, -0.05) is 43.2 Å². The molecular formula is C21H22FN3O4S. The van der Waals surface area contributed by atoms with E-state index in [4.69, 9.17) is 4.42 Å². The molecule has 0 aliphatic rings. The zero-order valence-electron chi connectivity index (χ0n) is 16.6. The van der Waals surface area contributed by atoms with Gasteiger partial charge in [-0.25, -0.2) is 12.8 Å². The molecule has 0 aliphatic carbocycles. The van der Waals surface area contributed by atoms with Crippen LogP contribution in [-0.4, -0.2) is 30.3 Å². The van der Waals surface area contributed by atoms with E-state index in [-0.39, 0.29) is 17.3 Å². The highest BCUT2D eigenvalue weighted by molar-refractivity contribution is 7.91. The van der Waals surface area contributed by atoms with Crippen molar-refractivity contribution in [3.8, 4) is 0 Å². The number of nitrogens with one attached hydrogen (secondary N) is 1. The highest BCUT2D eigenvalue weighted by Crippen LogP contribution is 2.17. The minimum Gasteiger partial charge on any atom is -0.407 e. The van der Waals surface area contributed by atoms with Crippen LogP contribution in [0.1, 0.15) is 43.2 Å². The molecule has 2 aromatic carbocycles. The van der Waals surface area contributed by atoms with E-state index in [9.17, 15) is 17.6 Å². The van der Waals surface area contributed by atoms with Gasteiger partial charge in [0.25, 0.3) is 0 Å². The minimum atomic E-state index is -3.70. The summed E-state index contributed by atoms with van der Waals surface area (Å²) in [4.78, 5) is 12.0. The zero-order chi connectivity index (χ0) is 21.7. The van der Waals surface area contributed by atoms with Crippen LogP contribution in [0.25, 0.3) is 0 Å². The number of nitrogens with zero attached hydrogens (tertiary/aromatic N) is 2. The van der Waals surface area contributed by atoms with E-state index in [0.717, 1.165) is 17.7 Å². The number of carbonyl (C=O) groups is 1. The van der Waals surface area contributed by atoms with E-state index < -0.39 is 27.3 Å². The molecule has 30 heavy (non-hydrogen) atoms. The molecule has 9 heteroatoms. The van der Waals surface area contributed by atoms with Crippen LogP contribution in [0.15, 0.2) is 57.8 Å². The molecule has 0 aliphatic heterocycles. The Bertz CT molecular complexity index is 1110. The van der Waals surface area contributed by atoms with Gasteiger partial charge in [-0.3, -0.25) is 10.1 Å². The number of aromatic nitrogens is 2. The van der Waals surface area contributed by atoms with E-state index in [0.29, 0.717) is 18.2 Å². The molecule has 3 aromatic rings. The maximum Gasteiger partial charge on any atom is 0.322 e. The first-order valence-electron chi connectivity index (χ1n) is 9.42. The molecule has 0 radical (unpaired) electrons. The van der Waals surface area contributed by atoms with Gasteiger partial charge in [0.05, 0.1) is 17.1 Å². The fourth-order valence-electron chi connectivity index (χ4n) is 2.74. The normalized spacial score (nSPS) is 11.6. The molecule has 7 nitrogen and oxygen atoms in total. The van der Waals surface area contributed by atoms with Crippen molar-refractivity contribution in [3.05, 3.63) is 71.4 Å². The van der Waals surface area contributed by atoms with Crippen LogP contribution in [0.3, 0.4) is 0 Å². The number of sulfone groups is 1. The van der Waals surface area contributed by atoms with Gasteiger partial charge in [0.2, 0.25) is 11.8 Å². The standard InChI is InChI=1S/C21H22FN3O4S/c1-14(2)16-5-3-15(4-6-16)13-20-24-25-21(29-20)23-19(26)11-12-30(27,28)18-9-7-17(22)8-10-18/h3-10,14H,11-13H2,1-2H3,(H,23,25,26). The van der Waals surface area contributed by atoms with Crippen LogP contribution >= 0.6 is 0 Å². The number of carbonyl (C=O) groups excluding carboxylic acids is 1. The van der Waals surface area contributed by atoms with Gasteiger partial charge < -0.3 is 4.42 Å². The Morgan fingerprint density at radius 2 is 1.73 bits per heavy atom. The molecule has 0 bridgehead atoms. The van der Waals surface area contributed by atoms with Crippen molar-refractivity contribution >= 4 is 21.8 Å². The summed E-state index contributed by atoms with van der Waals surface area (Å²) >= 11 is 0. The summed E-state index contributed by atoms with van der Waals surface area (Å²) in [5, 5.41) is 10.1.